The minimum absolute atomic E-state index is 0.147. The van der Waals surface area contributed by atoms with Crippen molar-refractivity contribution in [2.45, 2.75) is 13.0 Å². The molecule has 1 aromatic carbocycles. The molecular formula is C14H14BrN3O. The van der Waals surface area contributed by atoms with Crippen LogP contribution in [0.4, 0.5) is 0 Å². The van der Waals surface area contributed by atoms with E-state index in [-0.39, 0.29) is 11.9 Å². The SMILES string of the molecule is CC(NC(=O)/C=C/c1ccccc1Br)c1ncc[nH]1. The molecule has 2 aromatic rings. The molecule has 0 bridgehead atoms. The molecule has 0 aliphatic rings. The number of hydrogen-bond donors (Lipinski definition) is 2. The second-order valence-corrected chi connectivity index (χ2v) is 4.91. The van der Waals surface area contributed by atoms with Crippen LogP contribution >= 0.6 is 15.9 Å². The number of rotatable bonds is 4. The summed E-state index contributed by atoms with van der Waals surface area (Å²) >= 11 is 3.43. The molecule has 1 atom stereocenters. The zero-order valence-electron chi connectivity index (χ0n) is 10.4. The number of benzene rings is 1. The topological polar surface area (TPSA) is 57.8 Å². The van der Waals surface area contributed by atoms with Crippen molar-refractivity contribution in [2.24, 2.45) is 0 Å². The van der Waals surface area contributed by atoms with Crippen LogP contribution in [0.25, 0.3) is 6.08 Å². The van der Waals surface area contributed by atoms with Gasteiger partial charge in [-0.1, -0.05) is 34.1 Å². The molecule has 98 valence electrons. The lowest BCUT2D eigenvalue weighted by Crippen LogP contribution is -2.25. The van der Waals surface area contributed by atoms with Gasteiger partial charge < -0.3 is 10.3 Å². The molecule has 2 rings (SSSR count). The number of imidazole rings is 1. The highest BCUT2D eigenvalue weighted by Gasteiger charge is 2.08. The predicted octanol–water partition coefficient (Wildman–Crippen LogP) is 3.06. The lowest BCUT2D eigenvalue weighted by Gasteiger charge is -2.09. The first kappa shape index (κ1) is 13.5. The van der Waals surface area contributed by atoms with Gasteiger partial charge in [0.05, 0.1) is 6.04 Å². The number of H-pyrrole nitrogens is 1. The van der Waals surface area contributed by atoms with Gasteiger partial charge in [-0.05, 0) is 24.6 Å². The predicted molar refractivity (Wildman–Crippen MR) is 78.3 cm³/mol. The Labute approximate surface area is 120 Å². The number of carbonyl (C=O) groups is 1. The summed E-state index contributed by atoms with van der Waals surface area (Å²) < 4.78 is 0.957. The summed E-state index contributed by atoms with van der Waals surface area (Å²) in [4.78, 5) is 18.8. The summed E-state index contributed by atoms with van der Waals surface area (Å²) in [6.45, 7) is 1.88. The molecule has 1 unspecified atom stereocenters. The fourth-order valence-corrected chi connectivity index (χ4v) is 2.04. The molecule has 1 aromatic heterocycles. The number of aromatic nitrogens is 2. The van der Waals surface area contributed by atoms with Crippen LogP contribution in [0, 0.1) is 0 Å². The molecule has 0 fully saturated rings. The molecule has 1 heterocycles. The molecule has 0 aliphatic carbocycles. The number of halogens is 1. The first-order valence-corrected chi connectivity index (χ1v) is 6.68. The van der Waals surface area contributed by atoms with Gasteiger partial charge in [-0.2, -0.15) is 0 Å². The largest absolute Gasteiger partial charge is 0.347 e. The molecule has 4 nitrogen and oxygen atoms in total. The van der Waals surface area contributed by atoms with Gasteiger partial charge in [-0.15, -0.1) is 0 Å². The maximum atomic E-state index is 11.8. The van der Waals surface area contributed by atoms with Crippen molar-refractivity contribution in [3.63, 3.8) is 0 Å². The van der Waals surface area contributed by atoms with E-state index in [0.717, 1.165) is 15.9 Å². The Morgan fingerprint density at radius 1 is 1.47 bits per heavy atom. The number of aromatic amines is 1. The van der Waals surface area contributed by atoms with Gasteiger partial charge in [0.15, 0.2) is 0 Å². The number of carbonyl (C=O) groups excluding carboxylic acids is 1. The van der Waals surface area contributed by atoms with Crippen LogP contribution in [0.3, 0.4) is 0 Å². The zero-order chi connectivity index (χ0) is 13.7. The van der Waals surface area contributed by atoms with Gasteiger partial charge in [-0.3, -0.25) is 4.79 Å². The van der Waals surface area contributed by atoms with E-state index in [0.29, 0.717) is 0 Å². The van der Waals surface area contributed by atoms with E-state index in [4.69, 9.17) is 0 Å². The number of nitrogens with one attached hydrogen (secondary N) is 2. The summed E-state index contributed by atoms with van der Waals surface area (Å²) in [5.41, 5.74) is 0.961. The lowest BCUT2D eigenvalue weighted by atomic mass is 10.2. The Bertz CT molecular complexity index is 578. The highest BCUT2D eigenvalue weighted by molar-refractivity contribution is 9.10. The van der Waals surface area contributed by atoms with Crippen molar-refractivity contribution in [1.29, 1.82) is 0 Å². The van der Waals surface area contributed by atoms with Crippen LogP contribution < -0.4 is 5.32 Å². The Hall–Kier alpha value is -1.88. The summed E-state index contributed by atoms with van der Waals surface area (Å²) in [6, 6.07) is 7.58. The minimum Gasteiger partial charge on any atom is -0.347 e. The standard InChI is InChI=1S/C14H14BrN3O/c1-10(14-16-8-9-17-14)18-13(19)7-6-11-4-2-3-5-12(11)15/h2-10H,1H3,(H,16,17)(H,18,19)/b7-6+. The number of amides is 1. The van der Waals surface area contributed by atoms with Crippen LogP contribution in [0.2, 0.25) is 0 Å². The van der Waals surface area contributed by atoms with Crippen molar-refractivity contribution >= 4 is 27.9 Å². The quantitative estimate of drug-likeness (QED) is 0.851. The molecule has 0 saturated heterocycles. The third-order valence-electron chi connectivity index (χ3n) is 2.61. The third-order valence-corrected chi connectivity index (χ3v) is 3.33. The molecule has 0 radical (unpaired) electrons. The van der Waals surface area contributed by atoms with E-state index in [1.54, 1.807) is 18.5 Å². The zero-order valence-corrected chi connectivity index (χ0v) is 12.0. The number of hydrogen-bond acceptors (Lipinski definition) is 2. The Balaban J connectivity index is 1.96. The van der Waals surface area contributed by atoms with E-state index >= 15 is 0 Å². The van der Waals surface area contributed by atoms with Crippen molar-refractivity contribution in [1.82, 2.24) is 15.3 Å². The third kappa shape index (κ3) is 3.79. The van der Waals surface area contributed by atoms with Crippen molar-refractivity contribution in [3.8, 4) is 0 Å². The second-order valence-electron chi connectivity index (χ2n) is 4.06. The first-order valence-electron chi connectivity index (χ1n) is 5.89. The fourth-order valence-electron chi connectivity index (χ4n) is 1.62. The van der Waals surface area contributed by atoms with E-state index in [1.807, 2.05) is 31.2 Å². The van der Waals surface area contributed by atoms with Crippen molar-refractivity contribution in [2.75, 3.05) is 0 Å². The Morgan fingerprint density at radius 2 is 2.26 bits per heavy atom. The maximum absolute atomic E-state index is 11.8. The van der Waals surface area contributed by atoms with Gasteiger partial charge >= 0.3 is 0 Å². The van der Waals surface area contributed by atoms with Crippen LogP contribution in [0.15, 0.2) is 47.2 Å². The fraction of sp³-hybridized carbons (Fsp3) is 0.143. The molecule has 0 saturated carbocycles. The van der Waals surface area contributed by atoms with Gasteiger partial charge in [-0.25, -0.2) is 4.98 Å². The van der Waals surface area contributed by atoms with Crippen LogP contribution in [0.5, 0.6) is 0 Å². The normalized spacial score (nSPS) is 12.5. The monoisotopic (exact) mass is 319 g/mol. The molecular weight excluding hydrogens is 306 g/mol. The van der Waals surface area contributed by atoms with Crippen LogP contribution in [-0.2, 0) is 4.79 Å². The van der Waals surface area contributed by atoms with E-state index in [2.05, 4.69) is 31.2 Å². The maximum Gasteiger partial charge on any atom is 0.244 e. The van der Waals surface area contributed by atoms with Gasteiger partial charge in [0.2, 0.25) is 5.91 Å². The molecule has 0 aliphatic heterocycles. The summed E-state index contributed by atoms with van der Waals surface area (Å²) in [5.74, 6) is 0.585. The smallest absolute Gasteiger partial charge is 0.244 e. The summed E-state index contributed by atoms with van der Waals surface area (Å²) in [7, 11) is 0. The first-order chi connectivity index (χ1) is 9.16. The van der Waals surface area contributed by atoms with E-state index < -0.39 is 0 Å². The molecule has 5 heteroatoms. The lowest BCUT2D eigenvalue weighted by molar-refractivity contribution is -0.117. The average molecular weight is 320 g/mol. The molecule has 19 heavy (non-hydrogen) atoms. The summed E-state index contributed by atoms with van der Waals surface area (Å²) in [6.07, 6.45) is 6.68. The Kier molecular flexibility index (Phi) is 4.52. The molecule has 2 N–H and O–H groups in total. The molecule has 0 spiro atoms. The van der Waals surface area contributed by atoms with Crippen LogP contribution in [-0.4, -0.2) is 15.9 Å². The summed E-state index contributed by atoms with van der Waals surface area (Å²) in [5, 5.41) is 2.84. The van der Waals surface area contributed by atoms with Gasteiger partial charge in [0.25, 0.3) is 0 Å². The average Bonchev–Trinajstić information content (AvgIpc) is 2.91. The van der Waals surface area contributed by atoms with Gasteiger partial charge in [0.1, 0.15) is 5.82 Å². The van der Waals surface area contributed by atoms with Crippen LogP contribution in [0.1, 0.15) is 24.4 Å². The highest BCUT2D eigenvalue weighted by atomic mass is 79.9. The minimum atomic E-state index is -0.153. The Morgan fingerprint density at radius 3 is 2.95 bits per heavy atom. The molecule has 1 amide bonds. The van der Waals surface area contributed by atoms with Crippen molar-refractivity contribution in [3.05, 3.63) is 58.6 Å². The second kappa shape index (κ2) is 6.33. The number of nitrogens with zero attached hydrogens (tertiary/aromatic N) is 1. The highest BCUT2D eigenvalue weighted by Crippen LogP contribution is 2.17. The van der Waals surface area contributed by atoms with Crippen molar-refractivity contribution < 1.29 is 4.79 Å². The van der Waals surface area contributed by atoms with E-state index in [9.17, 15) is 4.79 Å². The van der Waals surface area contributed by atoms with E-state index in [1.165, 1.54) is 6.08 Å². The van der Waals surface area contributed by atoms with Gasteiger partial charge in [0, 0.05) is 22.9 Å².